The van der Waals surface area contributed by atoms with Crippen molar-refractivity contribution in [2.45, 2.75) is 32.9 Å². The maximum atomic E-state index is 10.6. The summed E-state index contributed by atoms with van der Waals surface area (Å²) in [4.78, 5) is 23.6. The van der Waals surface area contributed by atoms with Crippen LogP contribution in [0.15, 0.2) is 12.1 Å². The number of carboxylic acid groups (broad SMARTS) is 1. The van der Waals surface area contributed by atoms with Crippen molar-refractivity contribution in [3.05, 3.63) is 27.1 Å². The van der Waals surface area contributed by atoms with Crippen LogP contribution in [0.2, 0.25) is 0 Å². The molecule has 0 atom stereocenters. The summed E-state index contributed by atoms with van der Waals surface area (Å²) in [7, 11) is 0. The minimum Gasteiger partial charge on any atom is -0.481 e. The Bertz CT molecular complexity index is 430. The first-order valence-corrected chi connectivity index (χ1v) is 6.40. The number of hydrogen-bond acceptors (Lipinski definition) is 5. The fourth-order valence-electron chi connectivity index (χ4n) is 1.51. The average Bonchev–Trinajstić information content (AvgIpc) is 2.71. The third kappa shape index (κ3) is 4.42. The van der Waals surface area contributed by atoms with Gasteiger partial charge in [-0.3, -0.25) is 19.8 Å². The van der Waals surface area contributed by atoms with Crippen LogP contribution < -0.4 is 0 Å². The summed E-state index contributed by atoms with van der Waals surface area (Å²) < 4.78 is 0. The van der Waals surface area contributed by atoms with Gasteiger partial charge in [-0.1, -0.05) is 11.3 Å². The van der Waals surface area contributed by atoms with Gasteiger partial charge in [-0.05, 0) is 19.9 Å². The molecule has 7 heteroatoms. The van der Waals surface area contributed by atoms with Crippen LogP contribution in [0.4, 0.5) is 5.00 Å². The first-order valence-electron chi connectivity index (χ1n) is 5.59. The zero-order valence-corrected chi connectivity index (χ0v) is 11.1. The van der Waals surface area contributed by atoms with E-state index in [-0.39, 0.29) is 17.5 Å². The highest BCUT2D eigenvalue weighted by Gasteiger charge is 2.15. The van der Waals surface area contributed by atoms with Gasteiger partial charge >= 0.3 is 11.0 Å². The number of carboxylic acids is 1. The molecule has 0 aliphatic carbocycles. The van der Waals surface area contributed by atoms with Gasteiger partial charge in [-0.2, -0.15) is 0 Å². The number of aliphatic carboxylic acids is 1. The Morgan fingerprint density at radius 2 is 2.22 bits per heavy atom. The quantitative estimate of drug-likeness (QED) is 0.608. The van der Waals surface area contributed by atoms with E-state index in [1.807, 2.05) is 18.7 Å². The standard InChI is InChI=1S/C11H16N2O4S/c1-8(2)12(6-5-11(14)15)7-9-3-4-10(18-9)13(16)17/h3-4,8H,5-7H2,1-2H3,(H,14,15). The fourth-order valence-corrected chi connectivity index (χ4v) is 2.35. The average molecular weight is 272 g/mol. The van der Waals surface area contributed by atoms with Gasteiger partial charge in [0.2, 0.25) is 0 Å². The fraction of sp³-hybridized carbons (Fsp3) is 0.545. The molecule has 1 heterocycles. The van der Waals surface area contributed by atoms with E-state index in [9.17, 15) is 14.9 Å². The third-order valence-corrected chi connectivity index (χ3v) is 3.55. The summed E-state index contributed by atoms with van der Waals surface area (Å²) >= 11 is 1.13. The SMILES string of the molecule is CC(C)N(CCC(=O)O)Cc1ccc([N+](=O)[O-])s1. The molecule has 0 saturated heterocycles. The Morgan fingerprint density at radius 1 is 1.56 bits per heavy atom. The smallest absolute Gasteiger partial charge is 0.324 e. The number of rotatable bonds is 7. The van der Waals surface area contributed by atoms with Crippen LogP contribution in [0, 0.1) is 10.1 Å². The molecule has 1 aromatic heterocycles. The molecule has 0 aliphatic rings. The largest absolute Gasteiger partial charge is 0.481 e. The Balaban J connectivity index is 2.64. The number of carbonyl (C=O) groups is 1. The monoisotopic (exact) mass is 272 g/mol. The van der Waals surface area contributed by atoms with Gasteiger partial charge in [0.25, 0.3) is 0 Å². The minimum absolute atomic E-state index is 0.0750. The third-order valence-electron chi connectivity index (χ3n) is 2.53. The zero-order chi connectivity index (χ0) is 13.7. The lowest BCUT2D eigenvalue weighted by Crippen LogP contribution is -2.32. The summed E-state index contributed by atoms with van der Waals surface area (Å²) in [6.07, 6.45) is 0.0750. The number of nitrogens with zero attached hydrogens (tertiary/aromatic N) is 2. The van der Waals surface area contributed by atoms with Crippen LogP contribution in [0.1, 0.15) is 25.1 Å². The lowest BCUT2D eigenvalue weighted by molar-refractivity contribution is -0.380. The Labute approximate surface area is 109 Å². The predicted molar refractivity (Wildman–Crippen MR) is 68.8 cm³/mol. The van der Waals surface area contributed by atoms with Crippen molar-refractivity contribution in [2.24, 2.45) is 0 Å². The van der Waals surface area contributed by atoms with E-state index in [2.05, 4.69) is 0 Å². The molecule has 0 spiro atoms. The molecule has 0 unspecified atom stereocenters. The second kappa shape index (κ2) is 6.46. The molecule has 0 radical (unpaired) electrons. The number of hydrogen-bond donors (Lipinski definition) is 1. The molecule has 0 amide bonds. The highest BCUT2D eigenvalue weighted by molar-refractivity contribution is 7.15. The van der Waals surface area contributed by atoms with Crippen molar-refractivity contribution in [2.75, 3.05) is 6.54 Å². The van der Waals surface area contributed by atoms with Gasteiger partial charge in [-0.15, -0.1) is 0 Å². The summed E-state index contributed by atoms with van der Waals surface area (Å²) in [6, 6.07) is 3.40. The van der Waals surface area contributed by atoms with Crippen LogP contribution in [0.25, 0.3) is 0 Å². The first-order chi connectivity index (χ1) is 8.40. The molecule has 100 valence electrons. The molecule has 0 aliphatic heterocycles. The molecule has 18 heavy (non-hydrogen) atoms. The van der Waals surface area contributed by atoms with Gasteiger partial charge in [0.1, 0.15) is 0 Å². The molecule has 1 rings (SSSR count). The van der Waals surface area contributed by atoms with Gasteiger partial charge in [0.15, 0.2) is 0 Å². The molecule has 0 saturated carbocycles. The van der Waals surface area contributed by atoms with Gasteiger partial charge in [0, 0.05) is 30.1 Å². The minimum atomic E-state index is -0.835. The van der Waals surface area contributed by atoms with E-state index in [4.69, 9.17) is 5.11 Å². The van der Waals surface area contributed by atoms with Crippen LogP contribution in [-0.2, 0) is 11.3 Å². The van der Waals surface area contributed by atoms with E-state index >= 15 is 0 Å². The van der Waals surface area contributed by atoms with Crippen LogP contribution in [-0.4, -0.2) is 33.5 Å². The molecule has 0 fully saturated rings. The summed E-state index contributed by atoms with van der Waals surface area (Å²) in [5, 5.41) is 19.4. The van der Waals surface area contributed by atoms with Crippen molar-refractivity contribution in [1.29, 1.82) is 0 Å². The van der Waals surface area contributed by atoms with Crippen molar-refractivity contribution in [3.63, 3.8) is 0 Å². The van der Waals surface area contributed by atoms with E-state index in [1.54, 1.807) is 6.07 Å². The zero-order valence-electron chi connectivity index (χ0n) is 10.3. The molecular weight excluding hydrogens is 256 g/mol. The van der Waals surface area contributed by atoms with Crippen LogP contribution in [0.5, 0.6) is 0 Å². The lowest BCUT2D eigenvalue weighted by Gasteiger charge is -2.24. The highest BCUT2D eigenvalue weighted by Crippen LogP contribution is 2.25. The molecule has 0 aromatic carbocycles. The molecule has 6 nitrogen and oxygen atoms in total. The summed E-state index contributed by atoms with van der Waals surface area (Å²) in [5.41, 5.74) is 0. The van der Waals surface area contributed by atoms with E-state index in [0.717, 1.165) is 16.2 Å². The van der Waals surface area contributed by atoms with Crippen molar-refractivity contribution < 1.29 is 14.8 Å². The van der Waals surface area contributed by atoms with Crippen molar-refractivity contribution >= 4 is 22.3 Å². The van der Waals surface area contributed by atoms with Crippen LogP contribution >= 0.6 is 11.3 Å². The lowest BCUT2D eigenvalue weighted by atomic mass is 10.2. The second-order valence-corrected chi connectivity index (χ2v) is 5.35. The number of thiophene rings is 1. The topological polar surface area (TPSA) is 83.7 Å². The van der Waals surface area contributed by atoms with Gasteiger partial charge < -0.3 is 5.11 Å². The van der Waals surface area contributed by atoms with Gasteiger partial charge in [0.05, 0.1) is 11.3 Å². The van der Waals surface area contributed by atoms with Crippen molar-refractivity contribution in [1.82, 2.24) is 4.90 Å². The Kier molecular flexibility index (Phi) is 5.24. The Morgan fingerprint density at radius 3 is 2.67 bits per heavy atom. The number of nitro groups is 1. The molecule has 1 aromatic rings. The second-order valence-electron chi connectivity index (χ2n) is 4.21. The molecular formula is C11H16N2O4S. The van der Waals surface area contributed by atoms with E-state index in [1.165, 1.54) is 6.07 Å². The van der Waals surface area contributed by atoms with Gasteiger partial charge in [-0.25, -0.2) is 0 Å². The molecule has 1 N–H and O–H groups in total. The maximum Gasteiger partial charge on any atom is 0.324 e. The van der Waals surface area contributed by atoms with Crippen molar-refractivity contribution in [3.8, 4) is 0 Å². The molecule has 0 bridgehead atoms. The van der Waals surface area contributed by atoms with E-state index < -0.39 is 10.9 Å². The Hall–Kier alpha value is -1.47. The van der Waals surface area contributed by atoms with E-state index in [0.29, 0.717) is 13.1 Å². The highest BCUT2D eigenvalue weighted by atomic mass is 32.1. The normalized spacial score (nSPS) is 11.1. The predicted octanol–water partition coefficient (Wildman–Crippen LogP) is 2.34. The summed E-state index contributed by atoms with van der Waals surface area (Å²) in [5.74, 6) is -0.835. The maximum absolute atomic E-state index is 10.6. The summed E-state index contributed by atoms with van der Waals surface area (Å²) in [6.45, 7) is 4.94. The van der Waals surface area contributed by atoms with Crippen LogP contribution in [0.3, 0.4) is 0 Å². The first kappa shape index (κ1) is 14.6.